The Morgan fingerprint density at radius 1 is 1.45 bits per heavy atom. The number of nitrogens with zero attached hydrogens (tertiary/aromatic N) is 1. The van der Waals surface area contributed by atoms with Crippen LogP contribution in [0.4, 0.5) is 0 Å². The van der Waals surface area contributed by atoms with E-state index in [-0.39, 0.29) is 18.1 Å². The SMILES string of the molecule is O=C(NCc1nc(C(=O)O)cs1)c1ccc(Br)c(Cl)c1. The fourth-order valence-electron chi connectivity index (χ4n) is 1.39. The van der Waals surface area contributed by atoms with Crippen molar-refractivity contribution in [2.45, 2.75) is 6.54 Å². The average molecular weight is 376 g/mol. The highest BCUT2D eigenvalue weighted by molar-refractivity contribution is 9.10. The van der Waals surface area contributed by atoms with E-state index in [1.807, 2.05) is 0 Å². The van der Waals surface area contributed by atoms with Crippen LogP contribution in [-0.2, 0) is 6.54 Å². The Kier molecular flexibility index (Phi) is 4.74. The van der Waals surface area contributed by atoms with Gasteiger partial charge in [-0.25, -0.2) is 9.78 Å². The van der Waals surface area contributed by atoms with Crippen LogP contribution in [0.1, 0.15) is 25.9 Å². The van der Waals surface area contributed by atoms with Crippen LogP contribution < -0.4 is 5.32 Å². The van der Waals surface area contributed by atoms with Crippen molar-refractivity contribution in [2.75, 3.05) is 0 Å². The van der Waals surface area contributed by atoms with E-state index in [9.17, 15) is 9.59 Å². The van der Waals surface area contributed by atoms with Gasteiger partial charge in [0, 0.05) is 15.4 Å². The fourth-order valence-corrected chi connectivity index (χ4v) is 2.52. The normalized spacial score (nSPS) is 10.3. The highest BCUT2D eigenvalue weighted by Crippen LogP contribution is 2.23. The van der Waals surface area contributed by atoms with Crippen LogP contribution in [0, 0.1) is 0 Å². The first-order valence-electron chi connectivity index (χ1n) is 5.38. The molecule has 0 fully saturated rings. The van der Waals surface area contributed by atoms with E-state index in [0.717, 1.165) is 0 Å². The second-order valence-electron chi connectivity index (χ2n) is 3.74. The number of benzene rings is 1. The molecule has 0 bridgehead atoms. The van der Waals surface area contributed by atoms with Crippen LogP contribution in [-0.4, -0.2) is 22.0 Å². The lowest BCUT2D eigenvalue weighted by Crippen LogP contribution is -2.22. The Morgan fingerprint density at radius 2 is 2.20 bits per heavy atom. The van der Waals surface area contributed by atoms with E-state index in [1.165, 1.54) is 16.7 Å². The molecule has 0 unspecified atom stereocenters. The first-order valence-corrected chi connectivity index (χ1v) is 7.43. The summed E-state index contributed by atoms with van der Waals surface area (Å²) in [7, 11) is 0. The molecule has 0 saturated heterocycles. The molecule has 1 heterocycles. The van der Waals surface area contributed by atoms with Crippen molar-refractivity contribution < 1.29 is 14.7 Å². The number of nitrogens with one attached hydrogen (secondary N) is 1. The van der Waals surface area contributed by atoms with Crippen LogP contribution in [0.25, 0.3) is 0 Å². The third-order valence-electron chi connectivity index (χ3n) is 2.35. The third kappa shape index (κ3) is 3.56. The van der Waals surface area contributed by atoms with Gasteiger partial charge in [0.1, 0.15) is 5.01 Å². The van der Waals surface area contributed by atoms with Crippen molar-refractivity contribution in [3.8, 4) is 0 Å². The quantitative estimate of drug-likeness (QED) is 0.860. The second kappa shape index (κ2) is 6.34. The van der Waals surface area contributed by atoms with Crippen molar-refractivity contribution in [2.24, 2.45) is 0 Å². The van der Waals surface area contributed by atoms with Crippen LogP contribution in [0.3, 0.4) is 0 Å². The molecule has 2 aromatic rings. The molecular formula is C12H8BrClN2O3S. The predicted octanol–water partition coefficient (Wildman–Crippen LogP) is 3.19. The number of carboxylic acids is 1. The number of carbonyl (C=O) groups is 2. The lowest BCUT2D eigenvalue weighted by atomic mass is 10.2. The van der Waals surface area contributed by atoms with Gasteiger partial charge in [-0.3, -0.25) is 4.79 Å². The summed E-state index contributed by atoms with van der Waals surface area (Å²) in [6.45, 7) is 0.171. The summed E-state index contributed by atoms with van der Waals surface area (Å²) in [5.74, 6) is -1.38. The minimum Gasteiger partial charge on any atom is -0.476 e. The lowest BCUT2D eigenvalue weighted by molar-refractivity contribution is 0.0691. The highest BCUT2D eigenvalue weighted by atomic mass is 79.9. The number of aromatic carboxylic acids is 1. The van der Waals surface area contributed by atoms with Gasteiger partial charge in [0.2, 0.25) is 0 Å². The number of hydrogen-bond acceptors (Lipinski definition) is 4. The topological polar surface area (TPSA) is 79.3 Å². The number of carboxylic acid groups (broad SMARTS) is 1. The molecule has 0 spiro atoms. The van der Waals surface area contributed by atoms with E-state index >= 15 is 0 Å². The molecule has 1 aromatic heterocycles. The fraction of sp³-hybridized carbons (Fsp3) is 0.0833. The van der Waals surface area contributed by atoms with Crippen LogP contribution >= 0.6 is 38.9 Å². The Labute approximate surface area is 131 Å². The van der Waals surface area contributed by atoms with Crippen LogP contribution in [0.2, 0.25) is 5.02 Å². The van der Waals surface area contributed by atoms with Gasteiger partial charge < -0.3 is 10.4 Å². The maximum Gasteiger partial charge on any atom is 0.355 e. The smallest absolute Gasteiger partial charge is 0.355 e. The molecule has 0 aliphatic rings. The molecule has 8 heteroatoms. The predicted molar refractivity (Wildman–Crippen MR) is 79.4 cm³/mol. The maximum absolute atomic E-state index is 11.9. The molecular weight excluding hydrogens is 368 g/mol. The Morgan fingerprint density at radius 3 is 2.80 bits per heavy atom. The molecule has 1 amide bonds. The van der Waals surface area contributed by atoms with Crippen molar-refractivity contribution >= 4 is 50.7 Å². The van der Waals surface area contributed by atoms with Crippen molar-refractivity contribution in [3.05, 3.63) is 49.3 Å². The molecule has 2 rings (SSSR count). The lowest BCUT2D eigenvalue weighted by Gasteiger charge is -2.04. The summed E-state index contributed by atoms with van der Waals surface area (Å²) in [5.41, 5.74) is 0.402. The molecule has 0 radical (unpaired) electrons. The number of carbonyl (C=O) groups excluding carboxylic acids is 1. The monoisotopic (exact) mass is 374 g/mol. The molecule has 5 nitrogen and oxygen atoms in total. The van der Waals surface area contributed by atoms with Crippen LogP contribution in [0.15, 0.2) is 28.1 Å². The summed E-state index contributed by atoms with van der Waals surface area (Å²) < 4.78 is 0.710. The summed E-state index contributed by atoms with van der Waals surface area (Å²) in [4.78, 5) is 26.5. The largest absolute Gasteiger partial charge is 0.476 e. The van der Waals surface area contributed by atoms with Gasteiger partial charge in [0.25, 0.3) is 5.91 Å². The van der Waals surface area contributed by atoms with E-state index in [2.05, 4.69) is 26.2 Å². The number of amides is 1. The van der Waals surface area contributed by atoms with Gasteiger partial charge in [-0.05, 0) is 34.1 Å². The Hall–Kier alpha value is -1.44. The summed E-state index contributed by atoms with van der Waals surface area (Å²) in [6.07, 6.45) is 0. The Bertz CT molecular complexity index is 674. The first-order chi connectivity index (χ1) is 9.47. The average Bonchev–Trinajstić information content (AvgIpc) is 2.88. The van der Waals surface area contributed by atoms with E-state index < -0.39 is 5.97 Å². The second-order valence-corrected chi connectivity index (χ2v) is 5.95. The molecule has 0 saturated carbocycles. The number of halogens is 2. The minimum atomic E-state index is -1.08. The number of thiazole rings is 1. The molecule has 0 atom stereocenters. The van der Waals surface area contributed by atoms with E-state index in [1.54, 1.807) is 18.2 Å². The minimum absolute atomic E-state index is 0.0223. The summed E-state index contributed by atoms with van der Waals surface area (Å²) >= 11 is 10.3. The third-order valence-corrected chi connectivity index (χ3v) is 4.43. The van der Waals surface area contributed by atoms with Crippen molar-refractivity contribution in [1.29, 1.82) is 0 Å². The highest BCUT2D eigenvalue weighted by Gasteiger charge is 2.11. The number of hydrogen-bond donors (Lipinski definition) is 2. The van der Waals surface area contributed by atoms with Crippen molar-refractivity contribution in [1.82, 2.24) is 10.3 Å². The molecule has 2 N–H and O–H groups in total. The molecule has 1 aromatic carbocycles. The molecule has 0 aliphatic heterocycles. The van der Waals surface area contributed by atoms with Gasteiger partial charge in [-0.1, -0.05) is 11.6 Å². The standard InChI is InChI=1S/C12H8BrClN2O3S/c13-7-2-1-6(3-8(7)14)11(17)15-4-10-16-9(5-20-10)12(18)19/h1-3,5H,4H2,(H,15,17)(H,18,19). The van der Waals surface area contributed by atoms with Gasteiger partial charge in [-0.2, -0.15) is 0 Å². The van der Waals surface area contributed by atoms with Gasteiger partial charge in [0.15, 0.2) is 5.69 Å². The van der Waals surface area contributed by atoms with Gasteiger partial charge in [-0.15, -0.1) is 11.3 Å². The number of rotatable bonds is 4. The van der Waals surface area contributed by atoms with E-state index in [4.69, 9.17) is 16.7 Å². The molecule has 0 aliphatic carbocycles. The molecule has 104 valence electrons. The van der Waals surface area contributed by atoms with Gasteiger partial charge in [0.05, 0.1) is 11.6 Å². The van der Waals surface area contributed by atoms with Crippen molar-refractivity contribution in [3.63, 3.8) is 0 Å². The molecule has 20 heavy (non-hydrogen) atoms. The Balaban J connectivity index is 2.00. The summed E-state index contributed by atoms with van der Waals surface area (Å²) in [6, 6.07) is 4.87. The first kappa shape index (κ1) is 15.0. The zero-order valence-electron chi connectivity index (χ0n) is 9.89. The zero-order chi connectivity index (χ0) is 14.7. The van der Waals surface area contributed by atoms with E-state index in [0.29, 0.717) is 20.1 Å². The van der Waals surface area contributed by atoms with Crippen LogP contribution in [0.5, 0.6) is 0 Å². The summed E-state index contributed by atoms with van der Waals surface area (Å²) in [5, 5.41) is 13.8. The zero-order valence-corrected chi connectivity index (χ0v) is 13.1. The number of aromatic nitrogens is 1. The maximum atomic E-state index is 11.9. The van der Waals surface area contributed by atoms with Gasteiger partial charge >= 0.3 is 5.97 Å².